The molecule has 1 fully saturated rings. The largest absolute Gasteiger partial charge is 0.369 e. The fraction of sp³-hybridized carbons (Fsp3) is 0.360. The second kappa shape index (κ2) is 7.79. The molecule has 0 bridgehead atoms. The lowest BCUT2D eigenvalue weighted by Gasteiger charge is -2.32. The summed E-state index contributed by atoms with van der Waals surface area (Å²) in [5.74, 6) is -0.904. The van der Waals surface area contributed by atoms with E-state index in [1.54, 1.807) is 37.4 Å². The maximum atomic E-state index is 14.4. The standard InChI is InChI=1S/C25H26FN5O2/c1-3-31-14-18(13-20(31)21(32)15-9-10-15)25(23(33)30(2)24(27)29-25)17-7-4-6-16(12-17)19-8-5-11-28-22(19)26/h4-8,11-13,15,18H,3,9-10,14H2,1-2H3,(H2,27,29)/t18?,25-/m0/s1. The first kappa shape index (κ1) is 21.3. The number of pyridine rings is 1. The first-order valence-electron chi connectivity index (χ1n) is 11.2. The topological polar surface area (TPSA) is 91.9 Å². The number of carbonyl (C=O) groups excluding carboxylic acids is 2. The third kappa shape index (κ3) is 3.32. The van der Waals surface area contributed by atoms with E-state index >= 15 is 0 Å². The van der Waals surface area contributed by atoms with Gasteiger partial charge in [-0.3, -0.25) is 14.5 Å². The van der Waals surface area contributed by atoms with Gasteiger partial charge in [0.15, 0.2) is 17.3 Å². The van der Waals surface area contributed by atoms with Crippen molar-refractivity contribution >= 4 is 17.6 Å². The summed E-state index contributed by atoms with van der Waals surface area (Å²) in [5.41, 5.74) is 7.01. The van der Waals surface area contributed by atoms with Crippen molar-refractivity contribution in [3.05, 3.63) is 65.9 Å². The lowest BCUT2D eigenvalue weighted by atomic mass is 9.77. The molecule has 1 aliphatic carbocycles. The molecule has 8 heteroatoms. The second-order valence-corrected chi connectivity index (χ2v) is 8.86. The molecule has 3 heterocycles. The van der Waals surface area contributed by atoms with Gasteiger partial charge in [0.25, 0.3) is 5.91 Å². The second-order valence-electron chi connectivity index (χ2n) is 8.86. The van der Waals surface area contributed by atoms with Crippen LogP contribution in [0.4, 0.5) is 4.39 Å². The van der Waals surface area contributed by atoms with E-state index in [-0.39, 0.29) is 29.5 Å². The Kier molecular flexibility index (Phi) is 5.03. The molecule has 3 aliphatic rings. The molecule has 1 aromatic heterocycles. The zero-order valence-corrected chi connectivity index (χ0v) is 18.7. The van der Waals surface area contributed by atoms with E-state index in [2.05, 4.69) is 4.98 Å². The minimum atomic E-state index is -1.33. The highest BCUT2D eigenvalue weighted by atomic mass is 19.1. The first-order valence-corrected chi connectivity index (χ1v) is 11.2. The van der Waals surface area contributed by atoms with Crippen molar-refractivity contribution in [3.63, 3.8) is 0 Å². The van der Waals surface area contributed by atoms with E-state index in [4.69, 9.17) is 10.7 Å². The quantitative estimate of drug-likeness (QED) is 0.688. The number of hydrogen-bond acceptors (Lipinski definition) is 6. The Morgan fingerprint density at radius 2 is 2.06 bits per heavy atom. The van der Waals surface area contributed by atoms with Gasteiger partial charge in [-0.2, -0.15) is 4.39 Å². The zero-order chi connectivity index (χ0) is 23.3. The normalized spacial score (nSPS) is 24.8. The molecule has 2 aromatic rings. The third-order valence-corrected chi connectivity index (χ3v) is 6.87. The average Bonchev–Trinajstić information content (AvgIpc) is 3.55. The molecule has 2 aliphatic heterocycles. The molecule has 1 aromatic carbocycles. The van der Waals surface area contributed by atoms with E-state index in [9.17, 15) is 14.0 Å². The lowest BCUT2D eigenvalue weighted by molar-refractivity contribution is -0.132. The van der Waals surface area contributed by atoms with Gasteiger partial charge in [-0.25, -0.2) is 9.98 Å². The number of amides is 1. The number of benzene rings is 1. The van der Waals surface area contributed by atoms with Crippen molar-refractivity contribution in [2.75, 3.05) is 20.1 Å². The number of allylic oxidation sites excluding steroid dienone is 1. The molecular formula is C25H26FN5O2. The van der Waals surface area contributed by atoms with E-state index in [0.29, 0.717) is 35.5 Å². The van der Waals surface area contributed by atoms with Gasteiger partial charge in [-0.15, -0.1) is 0 Å². The number of hydrogen-bond donors (Lipinski definition) is 1. The Morgan fingerprint density at radius 3 is 2.70 bits per heavy atom. The van der Waals surface area contributed by atoms with Crippen LogP contribution in [0, 0.1) is 17.8 Å². The Balaban J connectivity index is 1.64. The minimum absolute atomic E-state index is 0.0763. The van der Waals surface area contributed by atoms with Gasteiger partial charge in [-0.05, 0) is 55.2 Å². The van der Waals surface area contributed by atoms with Crippen LogP contribution in [0.25, 0.3) is 11.1 Å². The molecule has 7 nitrogen and oxygen atoms in total. The smallest absolute Gasteiger partial charge is 0.262 e. The number of nitrogens with two attached hydrogens (primary N) is 1. The van der Waals surface area contributed by atoms with E-state index < -0.39 is 11.5 Å². The van der Waals surface area contributed by atoms with Crippen LogP contribution in [-0.2, 0) is 15.1 Å². The van der Waals surface area contributed by atoms with Crippen LogP contribution in [0.2, 0.25) is 0 Å². The fourth-order valence-electron chi connectivity index (χ4n) is 4.86. The number of nitrogens with zero attached hydrogens (tertiary/aromatic N) is 4. The minimum Gasteiger partial charge on any atom is -0.369 e. The van der Waals surface area contributed by atoms with Crippen LogP contribution in [0.15, 0.2) is 59.4 Å². The van der Waals surface area contributed by atoms with Crippen LogP contribution in [0.3, 0.4) is 0 Å². The number of ketones is 1. The van der Waals surface area contributed by atoms with Gasteiger partial charge in [-0.1, -0.05) is 18.2 Å². The van der Waals surface area contributed by atoms with Gasteiger partial charge in [0, 0.05) is 43.7 Å². The van der Waals surface area contributed by atoms with Crippen LogP contribution >= 0.6 is 0 Å². The number of halogens is 1. The summed E-state index contributed by atoms with van der Waals surface area (Å²) in [6.45, 7) is 3.13. The molecule has 1 unspecified atom stereocenters. The summed E-state index contributed by atoms with van der Waals surface area (Å²) in [6, 6.07) is 10.5. The SMILES string of the molecule is CCN1CC([C@]2(c3cccc(-c4cccnc4F)c3)N=C(N)N(C)C2=O)C=C1C(=O)C1CC1. The Labute approximate surface area is 191 Å². The fourth-order valence-corrected chi connectivity index (χ4v) is 4.86. The number of likely N-dealkylation sites (N-methyl/N-ethyl adjacent to an activating group) is 2. The summed E-state index contributed by atoms with van der Waals surface area (Å²) in [5, 5.41) is 0. The van der Waals surface area contributed by atoms with Crippen molar-refractivity contribution in [1.29, 1.82) is 0 Å². The highest BCUT2D eigenvalue weighted by molar-refractivity contribution is 6.08. The van der Waals surface area contributed by atoms with E-state index in [1.165, 1.54) is 11.1 Å². The maximum absolute atomic E-state index is 14.4. The highest BCUT2D eigenvalue weighted by Crippen LogP contribution is 2.46. The third-order valence-electron chi connectivity index (χ3n) is 6.87. The van der Waals surface area contributed by atoms with Crippen molar-refractivity contribution in [3.8, 4) is 11.1 Å². The average molecular weight is 448 g/mol. The molecule has 0 saturated heterocycles. The summed E-state index contributed by atoms with van der Waals surface area (Å²) in [6.07, 6.45) is 5.12. The summed E-state index contributed by atoms with van der Waals surface area (Å²) >= 11 is 0. The van der Waals surface area contributed by atoms with Gasteiger partial charge in [0.2, 0.25) is 5.95 Å². The summed E-state index contributed by atoms with van der Waals surface area (Å²) < 4.78 is 14.4. The number of guanidine groups is 1. The molecule has 2 atom stereocenters. The Bertz CT molecular complexity index is 1200. The molecule has 170 valence electrons. The van der Waals surface area contributed by atoms with Crippen molar-refractivity contribution < 1.29 is 14.0 Å². The number of rotatable bonds is 6. The Hall–Kier alpha value is -3.55. The van der Waals surface area contributed by atoms with Crippen molar-refractivity contribution in [2.45, 2.75) is 25.3 Å². The van der Waals surface area contributed by atoms with E-state index in [1.807, 2.05) is 24.0 Å². The molecule has 0 radical (unpaired) electrons. The van der Waals surface area contributed by atoms with Gasteiger partial charge < -0.3 is 10.6 Å². The molecule has 5 rings (SSSR count). The lowest BCUT2D eigenvalue weighted by Crippen LogP contribution is -2.45. The molecule has 2 N–H and O–H groups in total. The van der Waals surface area contributed by atoms with Crippen LogP contribution in [0.1, 0.15) is 25.3 Å². The maximum Gasteiger partial charge on any atom is 0.262 e. The summed E-state index contributed by atoms with van der Waals surface area (Å²) in [7, 11) is 1.60. The molecule has 1 amide bonds. The predicted octanol–water partition coefficient (Wildman–Crippen LogP) is 2.68. The van der Waals surface area contributed by atoms with E-state index in [0.717, 1.165) is 12.8 Å². The number of aromatic nitrogens is 1. The van der Waals surface area contributed by atoms with Gasteiger partial charge in [0.1, 0.15) is 0 Å². The summed E-state index contributed by atoms with van der Waals surface area (Å²) in [4.78, 5) is 38.4. The monoisotopic (exact) mass is 447 g/mol. The van der Waals surface area contributed by atoms with Crippen LogP contribution in [0.5, 0.6) is 0 Å². The van der Waals surface area contributed by atoms with Crippen LogP contribution in [-0.4, -0.2) is 52.6 Å². The van der Waals surface area contributed by atoms with Gasteiger partial charge >= 0.3 is 0 Å². The van der Waals surface area contributed by atoms with Gasteiger partial charge in [0.05, 0.1) is 5.70 Å². The molecule has 1 saturated carbocycles. The first-order chi connectivity index (χ1) is 15.9. The van der Waals surface area contributed by atoms with Crippen LogP contribution < -0.4 is 5.73 Å². The Morgan fingerprint density at radius 1 is 1.27 bits per heavy atom. The number of aliphatic imine (C=N–C) groups is 1. The zero-order valence-electron chi connectivity index (χ0n) is 18.7. The van der Waals surface area contributed by atoms with Crippen molar-refractivity contribution in [2.24, 2.45) is 22.6 Å². The predicted molar refractivity (Wildman–Crippen MR) is 122 cm³/mol. The van der Waals surface area contributed by atoms with Crippen molar-refractivity contribution in [1.82, 2.24) is 14.8 Å². The number of Topliss-reactive ketones (excluding diaryl/α,β-unsaturated/α-hetero) is 1. The molecular weight excluding hydrogens is 421 g/mol. The molecule has 33 heavy (non-hydrogen) atoms. The number of carbonyl (C=O) groups is 2. The highest BCUT2D eigenvalue weighted by Gasteiger charge is 2.55. The molecule has 0 spiro atoms.